The first-order chi connectivity index (χ1) is 10.3. The fourth-order valence-electron chi connectivity index (χ4n) is 3.04. The first-order valence-electron chi connectivity index (χ1n) is 8.25. The van der Waals surface area contributed by atoms with Gasteiger partial charge in [0.25, 0.3) is 0 Å². The lowest BCUT2D eigenvalue weighted by Crippen LogP contribution is -2.39. The number of carbonyl (C=O) groups is 1. The summed E-state index contributed by atoms with van der Waals surface area (Å²) in [6, 6.07) is 4.94. The van der Waals surface area contributed by atoms with Crippen LogP contribution in [-0.4, -0.2) is 37.0 Å². The Kier molecular flexibility index (Phi) is 7.24. The fourth-order valence-corrected chi connectivity index (χ4v) is 3.79. The first kappa shape index (κ1) is 16.5. The van der Waals surface area contributed by atoms with Crippen LogP contribution < -0.4 is 5.32 Å². The summed E-state index contributed by atoms with van der Waals surface area (Å²) in [5.41, 5.74) is 0. The molecule has 2 rings (SSSR count). The predicted octanol–water partition coefficient (Wildman–Crippen LogP) is 3.45. The van der Waals surface area contributed by atoms with Gasteiger partial charge in [0.2, 0.25) is 5.91 Å². The van der Waals surface area contributed by atoms with E-state index in [-0.39, 0.29) is 5.91 Å². The Labute approximate surface area is 132 Å². The number of hydrogen-bond acceptors (Lipinski definition) is 3. The zero-order valence-electron chi connectivity index (χ0n) is 13.1. The minimum absolute atomic E-state index is 0.198. The van der Waals surface area contributed by atoms with Gasteiger partial charge in [-0.25, -0.2) is 0 Å². The molecule has 0 bridgehead atoms. The van der Waals surface area contributed by atoms with Crippen molar-refractivity contribution in [1.82, 2.24) is 10.2 Å². The van der Waals surface area contributed by atoms with E-state index in [4.69, 9.17) is 0 Å². The Bertz CT molecular complexity index is 399. The largest absolute Gasteiger partial charge is 0.355 e. The molecule has 1 N–H and O–H groups in total. The van der Waals surface area contributed by atoms with E-state index in [1.807, 2.05) is 0 Å². The second-order valence-corrected chi connectivity index (χ2v) is 7.09. The highest BCUT2D eigenvalue weighted by Crippen LogP contribution is 2.21. The number of thiophene rings is 1. The molecular weight excluding hydrogens is 280 g/mol. The van der Waals surface area contributed by atoms with Gasteiger partial charge in [0.15, 0.2) is 0 Å². The Morgan fingerprint density at radius 3 is 2.90 bits per heavy atom. The van der Waals surface area contributed by atoms with Crippen LogP contribution in [-0.2, 0) is 11.2 Å². The van der Waals surface area contributed by atoms with Crippen molar-refractivity contribution in [1.29, 1.82) is 0 Å². The van der Waals surface area contributed by atoms with Crippen LogP contribution in [0.25, 0.3) is 0 Å². The van der Waals surface area contributed by atoms with Gasteiger partial charge in [0, 0.05) is 30.4 Å². The van der Waals surface area contributed by atoms with Crippen molar-refractivity contribution in [3.05, 3.63) is 22.4 Å². The summed E-state index contributed by atoms with van der Waals surface area (Å²) < 4.78 is 0. The third kappa shape index (κ3) is 6.18. The first-order valence-corrected chi connectivity index (χ1v) is 9.13. The molecule has 1 aromatic rings. The smallest absolute Gasteiger partial charge is 0.220 e. The third-order valence-electron chi connectivity index (χ3n) is 4.39. The Morgan fingerprint density at radius 2 is 2.19 bits per heavy atom. The van der Waals surface area contributed by atoms with E-state index in [9.17, 15) is 4.79 Å². The summed E-state index contributed by atoms with van der Waals surface area (Å²) in [5, 5.41) is 5.15. The standard InChI is InChI=1S/C17H28N2OS/c1-19(15-7-3-2-4-8-15)13-12-18-17(20)11-5-9-16-10-6-14-21-16/h6,10,14-15H,2-5,7-9,11-13H2,1H3,(H,18,20). The van der Waals surface area contributed by atoms with Crippen molar-refractivity contribution in [2.45, 2.75) is 57.4 Å². The maximum atomic E-state index is 11.8. The number of nitrogens with zero attached hydrogens (tertiary/aromatic N) is 1. The van der Waals surface area contributed by atoms with E-state index in [2.05, 4.69) is 34.8 Å². The normalized spacial score (nSPS) is 16.3. The minimum atomic E-state index is 0.198. The highest BCUT2D eigenvalue weighted by atomic mass is 32.1. The molecule has 0 aliphatic heterocycles. The van der Waals surface area contributed by atoms with Gasteiger partial charge in [-0.15, -0.1) is 11.3 Å². The molecule has 1 saturated carbocycles. The van der Waals surface area contributed by atoms with E-state index < -0.39 is 0 Å². The molecule has 1 aliphatic rings. The number of aryl methyl sites for hydroxylation is 1. The van der Waals surface area contributed by atoms with Gasteiger partial charge in [-0.1, -0.05) is 25.3 Å². The molecule has 1 heterocycles. The fraction of sp³-hybridized carbons (Fsp3) is 0.706. The summed E-state index contributed by atoms with van der Waals surface area (Å²) >= 11 is 1.77. The monoisotopic (exact) mass is 308 g/mol. The number of carbonyl (C=O) groups excluding carboxylic acids is 1. The molecule has 1 amide bonds. The zero-order valence-corrected chi connectivity index (χ0v) is 14.0. The molecule has 21 heavy (non-hydrogen) atoms. The van der Waals surface area contributed by atoms with E-state index >= 15 is 0 Å². The number of rotatable bonds is 8. The Morgan fingerprint density at radius 1 is 1.38 bits per heavy atom. The summed E-state index contributed by atoms with van der Waals surface area (Å²) in [7, 11) is 2.19. The molecule has 0 atom stereocenters. The summed E-state index contributed by atoms with van der Waals surface area (Å²) in [6.07, 6.45) is 9.39. The van der Waals surface area contributed by atoms with Gasteiger partial charge >= 0.3 is 0 Å². The molecule has 0 radical (unpaired) electrons. The third-order valence-corrected chi connectivity index (χ3v) is 5.33. The van der Waals surface area contributed by atoms with Crippen LogP contribution in [0.3, 0.4) is 0 Å². The maximum absolute atomic E-state index is 11.8. The van der Waals surface area contributed by atoms with Crippen LogP contribution in [0.1, 0.15) is 49.8 Å². The van der Waals surface area contributed by atoms with Crippen molar-refractivity contribution in [3.63, 3.8) is 0 Å². The van der Waals surface area contributed by atoms with E-state index in [1.165, 1.54) is 37.0 Å². The summed E-state index contributed by atoms with van der Waals surface area (Å²) in [6.45, 7) is 1.76. The molecule has 0 aromatic carbocycles. The second kappa shape index (κ2) is 9.21. The molecule has 4 heteroatoms. The zero-order chi connectivity index (χ0) is 14.9. The number of amides is 1. The lowest BCUT2D eigenvalue weighted by Gasteiger charge is -2.31. The number of nitrogens with one attached hydrogen (secondary N) is 1. The topological polar surface area (TPSA) is 32.3 Å². The van der Waals surface area contributed by atoms with Crippen LogP contribution >= 0.6 is 11.3 Å². The van der Waals surface area contributed by atoms with E-state index in [0.29, 0.717) is 6.42 Å². The molecular formula is C17H28N2OS. The SMILES string of the molecule is CN(CCNC(=O)CCCc1cccs1)C1CCCCC1. The Balaban J connectivity index is 1.52. The van der Waals surface area contributed by atoms with Crippen LogP contribution in [0.5, 0.6) is 0 Å². The number of hydrogen-bond donors (Lipinski definition) is 1. The average molecular weight is 308 g/mol. The molecule has 0 unspecified atom stereocenters. The predicted molar refractivity (Wildman–Crippen MR) is 89.8 cm³/mol. The van der Waals surface area contributed by atoms with Gasteiger partial charge in [-0.3, -0.25) is 4.79 Å². The van der Waals surface area contributed by atoms with Crippen LogP contribution in [0, 0.1) is 0 Å². The minimum Gasteiger partial charge on any atom is -0.355 e. The van der Waals surface area contributed by atoms with Gasteiger partial charge in [0.1, 0.15) is 0 Å². The second-order valence-electron chi connectivity index (χ2n) is 6.06. The van der Waals surface area contributed by atoms with Gasteiger partial charge in [-0.05, 0) is 44.2 Å². The van der Waals surface area contributed by atoms with Gasteiger partial charge in [-0.2, -0.15) is 0 Å². The lowest BCUT2D eigenvalue weighted by molar-refractivity contribution is -0.121. The summed E-state index contributed by atoms with van der Waals surface area (Å²) in [4.78, 5) is 15.6. The summed E-state index contributed by atoms with van der Waals surface area (Å²) in [5.74, 6) is 0.198. The van der Waals surface area contributed by atoms with Crippen LogP contribution in [0.2, 0.25) is 0 Å². The number of likely N-dealkylation sites (N-methyl/N-ethyl adjacent to an activating group) is 1. The van der Waals surface area contributed by atoms with Crippen molar-refractivity contribution in [3.8, 4) is 0 Å². The van der Waals surface area contributed by atoms with Gasteiger partial charge < -0.3 is 10.2 Å². The molecule has 0 saturated heterocycles. The Hall–Kier alpha value is -0.870. The van der Waals surface area contributed by atoms with Crippen molar-refractivity contribution < 1.29 is 4.79 Å². The molecule has 1 fully saturated rings. The van der Waals surface area contributed by atoms with Crippen molar-refractivity contribution in [2.24, 2.45) is 0 Å². The van der Waals surface area contributed by atoms with E-state index in [1.54, 1.807) is 11.3 Å². The van der Waals surface area contributed by atoms with Crippen LogP contribution in [0.4, 0.5) is 0 Å². The molecule has 1 aromatic heterocycles. The molecule has 0 spiro atoms. The lowest BCUT2D eigenvalue weighted by atomic mass is 9.94. The quantitative estimate of drug-likeness (QED) is 0.798. The highest BCUT2D eigenvalue weighted by molar-refractivity contribution is 7.09. The maximum Gasteiger partial charge on any atom is 0.220 e. The van der Waals surface area contributed by atoms with E-state index in [0.717, 1.165) is 32.0 Å². The van der Waals surface area contributed by atoms with Gasteiger partial charge in [0.05, 0.1) is 0 Å². The highest BCUT2D eigenvalue weighted by Gasteiger charge is 2.17. The molecule has 1 aliphatic carbocycles. The van der Waals surface area contributed by atoms with Crippen molar-refractivity contribution in [2.75, 3.05) is 20.1 Å². The van der Waals surface area contributed by atoms with Crippen molar-refractivity contribution >= 4 is 17.2 Å². The molecule has 3 nitrogen and oxygen atoms in total. The molecule has 118 valence electrons. The van der Waals surface area contributed by atoms with Crippen LogP contribution in [0.15, 0.2) is 17.5 Å². The average Bonchev–Trinajstić information content (AvgIpc) is 3.01.